The predicted molar refractivity (Wildman–Crippen MR) is 77.9 cm³/mol. The van der Waals surface area contributed by atoms with Crippen molar-refractivity contribution in [3.8, 4) is 0 Å². The Balaban J connectivity index is 2.20. The number of aromatic nitrogens is 2. The largest absolute Gasteiger partial charge is 0.367 e. The standard InChI is InChI=1S/C12H21N5S/c1-8(2)10-11(14-7-15-12(10)17-13)16-9-3-5-18-6-4-9/h7-9H,3-6,13H2,1-2H3,(H2,14,15,16,17). The molecule has 0 amide bonds. The number of nitrogens with zero attached hydrogens (tertiary/aromatic N) is 2. The van der Waals surface area contributed by atoms with Crippen LogP contribution in [0, 0.1) is 0 Å². The van der Waals surface area contributed by atoms with E-state index in [0.717, 1.165) is 11.4 Å². The summed E-state index contributed by atoms with van der Waals surface area (Å²) < 4.78 is 0. The molecule has 1 aromatic rings. The lowest BCUT2D eigenvalue weighted by atomic mass is 10.0. The number of hydrogen-bond donors (Lipinski definition) is 3. The summed E-state index contributed by atoms with van der Waals surface area (Å²) in [6.45, 7) is 4.25. The van der Waals surface area contributed by atoms with E-state index >= 15 is 0 Å². The van der Waals surface area contributed by atoms with E-state index in [2.05, 4.69) is 34.6 Å². The summed E-state index contributed by atoms with van der Waals surface area (Å²) in [6, 6.07) is 0.518. The van der Waals surface area contributed by atoms with Crippen molar-refractivity contribution in [2.45, 2.75) is 38.6 Å². The lowest BCUT2D eigenvalue weighted by Crippen LogP contribution is -2.26. The van der Waals surface area contributed by atoms with Crippen LogP contribution in [0.5, 0.6) is 0 Å². The lowest BCUT2D eigenvalue weighted by molar-refractivity contribution is 0.660. The Morgan fingerprint density at radius 2 is 1.94 bits per heavy atom. The van der Waals surface area contributed by atoms with Crippen LogP contribution in [0.25, 0.3) is 0 Å². The van der Waals surface area contributed by atoms with Gasteiger partial charge in [0.15, 0.2) is 0 Å². The minimum atomic E-state index is 0.331. The maximum Gasteiger partial charge on any atom is 0.148 e. The highest BCUT2D eigenvalue weighted by Gasteiger charge is 2.19. The zero-order valence-corrected chi connectivity index (χ0v) is 11.8. The zero-order chi connectivity index (χ0) is 13.0. The molecule has 5 nitrogen and oxygen atoms in total. The topological polar surface area (TPSA) is 75.9 Å². The lowest BCUT2D eigenvalue weighted by Gasteiger charge is -2.25. The fourth-order valence-electron chi connectivity index (χ4n) is 2.21. The van der Waals surface area contributed by atoms with Gasteiger partial charge in [0.05, 0.1) is 0 Å². The summed E-state index contributed by atoms with van der Waals surface area (Å²) in [5.41, 5.74) is 3.73. The molecule has 18 heavy (non-hydrogen) atoms. The number of thioether (sulfide) groups is 1. The molecule has 0 atom stereocenters. The van der Waals surface area contributed by atoms with Gasteiger partial charge in [0, 0.05) is 11.6 Å². The maximum atomic E-state index is 5.52. The summed E-state index contributed by atoms with van der Waals surface area (Å²) >= 11 is 2.02. The van der Waals surface area contributed by atoms with Gasteiger partial charge >= 0.3 is 0 Å². The minimum Gasteiger partial charge on any atom is -0.367 e. The molecule has 0 radical (unpaired) electrons. The molecular formula is C12H21N5S. The van der Waals surface area contributed by atoms with Gasteiger partial charge in [0.1, 0.15) is 18.0 Å². The third-order valence-corrected chi connectivity index (χ3v) is 4.21. The molecule has 100 valence electrons. The molecule has 0 bridgehead atoms. The zero-order valence-electron chi connectivity index (χ0n) is 10.9. The van der Waals surface area contributed by atoms with Crippen molar-refractivity contribution >= 4 is 23.4 Å². The van der Waals surface area contributed by atoms with Crippen LogP contribution in [0.4, 0.5) is 11.6 Å². The first kappa shape index (κ1) is 13.4. The van der Waals surface area contributed by atoms with Crippen LogP contribution in [0.15, 0.2) is 6.33 Å². The maximum absolute atomic E-state index is 5.52. The van der Waals surface area contributed by atoms with Crippen molar-refractivity contribution in [2.75, 3.05) is 22.2 Å². The highest BCUT2D eigenvalue weighted by atomic mass is 32.2. The number of nitrogens with two attached hydrogens (primary N) is 1. The Morgan fingerprint density at radius 3 is 2.56 bits per heavy atom. The second-order valence-electron chi connectivity index (χ2n) is 4.81. The van der Waals surface area contributed by atoms with Crippen molar-refractivity contribution in [2.24, 2.45) is 5.84 Å². The number of anilines is 2. The SMILES string of the molecule is CC(C)c1c(NN)ncnc1NC1CCSCC1. The Morgan fingerprint density at radius 1 is 1.28 bits per heavy atom. The third kappa shape index (κ3) is 3.05. The molecule has 0 aromatic carbocycles. The van der Waals surface area contributed by atoms with Gasteiger partial charge in [-0.05, 0) is 30.3 Å². The molecule has 0 aliphatic carbocycles. The first-order valence-electron chi connectivity index (χ1n) is 6.38. The molecule has 1 saturated heterocycles. The predicted octanol–water partition coefficient (Wildman–Crippen LogP) is 2.19. The molecule has 4 N–H and O–H groups in total. The number of nitrogen functional groups attached to an aromatic ring is 1. The average molecular weight is 267 g/mol. The smallest absolute Gasteiger partial charge is 0.148 e. The molecule has 0 saturated carbocycles. The average Bonchev–Trinajstić information content (AvgIpc) is 2.39. The van der Waals surface area contributed by atoms with E-state index in [4.69, 9.17) is 5.84 Å². The van der Waals surface area contributed by atoms with E-state index in [-0.39, 0.29) is 0 Å². The van der Waals surface area contributed by atoms with Crippen molar-refractivity contribution in [3.63, 3.8) is 0 Å². The molecule has 0 unspecified atom stereocenters. The highest BCUT2D eigenvalue weighted by molar-refractivity contribution is 7.99. The van der Waals surface area contributed by atoms with Crippen LogP contribution in [-0.2, 0) is 0 Å². The number of nitrogens with one attached hydrogen (secondary N) is 2. The van der Waals surface area contributed by atoms with E-state index in [1.165, 1.54) is 24.3 Å². The summed E-state index contributed by atoms with van der Waals surface area (Å²) in [5, 5.41) is 3.55. The first-order valence-corrected chi connectivity index (χ1v) is 7.53. The Kier molecular flexibility index (Phi) is 4.66. The van der Waals surface area contributed by atoms with Gasteiger partial charge in [0.25, 0.3) is 0 Å². The van der Waals surface area contributed by atoms with Crippen molar-refractivity contribution < 1.29 is 0 Å². The van der Waals surface area contributed by atoms with Gasteiger partial charge in [-0.15, -0.1) is 0 Å². The van der Waals surface area contributed by atoms with E-state index < -0.39 is 0 Å². The summed E-state index contributed by atoms with van der Waals surface area (Å²) in [5.74, 6) is 9.93. The van der Waals surface area contributed by atoms with Crippen molar-refractivity contribution in [1.29, 1.82) is 0 Å². The van der Waals surface area contributed by atoms with Crippen LogP contribution >= 0.6 is 11.8 Å². The van der Waals surface area contributed by atoms with E-state index in [1.807, 2.05) is 11.8 Å². The van der Waals surface area contributed by atoms with Crippen LogP contribution in [0.1, 0.15) is 38.2 Å². The first-order chi connectivity index (χ1) is 8.72. The second kappa shape index (κ2) is 6.24. The van der Waals surface area contributed by atoms with Crippen LogP contribution in [0.2, 0.25) is 0 Å². The van der Waals surface area contributed by atoms with Crippen molar-refractivity contribution in [1.82, 2.24) is 9.97 Å². The van der Waals surface area contributed by atoms with Crippen molar-refractivity contribution in [3.05, 3.63) is 11.9 Å². The number of hydrogen-bond acceptors (Lipinski definition) is 6. The monoisotopic (exact) mass is 267 g/mol. The molecule has 2 heterocycles. The Labute approximate surface area is 112 Å². The number of hydrazine groups is 1. The summed E-state index contributed by atoms with van der Waals surface area (Å²) in [6.07, 6.45) is 3.94. The van der Waals surface area contributed by atoms with Gasteiger partial charge < -0.3 is 10.7 Å². The quantitative estimate of drug-likeness (QED) is 0.573. The molecule has 0 spiro atoms. The normalized spacial score (nSPS) is 16.9. The minimum absolute atomic E-state index is 0.331. The van der Waals surface area contributed by atoms with E-state index in [1.54, 1.807) is 6.33 Å². The van der Waals surface area contributed by atoms with E-state index in [0.29, 0.717) is 17.8 Å². The molecule has 6 heteroatoms. The van der Waals surface area contributed by atoms with Gasteiger partial charge in [-0.1, -0.05) is 13.8 Å². The Bertz CT molecular complexity index is 390. The van der Waals surface area contributed by atoms with Crippen LogP contribution in [-0.4, -0.2) is 27.5 Å². The molecule has 1 fully saturated rings. The molecular weight excluding hydrogens is 246 g/mol. The van der Waals surface area contributed by atoms with Gasteiger partial charge in [-0.3, -0.25) is 0 Å². The third-order valence-electron chi connectivity index (χ3n) is 3.16. The van der Waals surface area contributed by atoms with Gasteiger partial charge in [0.2, 0.25) is 0 Å². The molecule has 2 rings (SSSR count). The number of rotatable bonds is 4. The molecule has 1 aromatic heterocycles. The highest BCUT2D eigenvalue weighted by Crippen LogP contribution is 2.29. The molecule has 1 aliphatic rings. The summed E-state index contributed by atoms with van der Waals surface area (Å²) in [7, 11) is 0. The van der Waals surface area contributed by atoms with Gasteiger partial charge in [-0.2, -0.15) is 11.8 Å². The van der Waals surface area contributed by atoms with Crippen LogP contribution in [0.3, 0.4) is 0 Å². The summed E-state index contributed by atoms with van der Waals surface area (Å²) in [4.78, 5) is 8.56. The fourth-order valence-corrected chi connectivity index (χ4v) is 3.31. The van der Waals surface area contributed by atoms with E-state index in [9.17, 15) is 0 Å². The Hall–Kier alpha value is -1.01. The van der Waals surface area contributed by atoms with Gasteiger partial charge in [-0.25, -0.2) is 15.8 Å². The van der Waals surface area contributed by atoms with Crippen LogP contribution < -0.4 is 16.6 Å². The fraction of sp³-hybridized carbons (Fsp3) is 0.667. The second-order valence-corrected chi connectivity index (χ2v) is 6.04. The molecule has 1 aliphatic heterocycles.